The van der Waals surface area contributed by atoms with Gasteiger partial charge in [0.25, 0.3) is 10.0 Å². The molecule has 1 aromatic carbocycles. The van der Waals surface area contributed by atoms with Gasteiger partial charge in [0.15, 0.2) is 11.5 Å². The van der Waals surface area contributed by atoms with Crippen molar-refractivity contribution in [2.45, 2.75) is 70.0 Å². The van der Waals surface area contributed by atoms with Gasteiger partial charge in [-0.1, -0.05) is 17.7 Å². The summed E-state index contributed by atoms with van der Waals surface area (Å²) in [5.74, 6) is -0.500. The molecule has 2 fully saturated rings. The van der Waals surface area contributed by atoms with Crippen molar-refractivity contribution < 1.29 is 22.1 Å². The van der Waals surface area contributed by atoms with Crippen LogP contribution in [0.1, 0.15) is 52.5 Å². The van der Waals surface area contributed by atoms with E-state index in [1.165, 1.54) is 12.4 Å². The van der Waals surface area contributed by atoms with Crippen LogP contribution in [0.15, 0.2) is 41.6 Å². The van der Waals surface area contributed by atoms with Gasteiger partial charge < -0.3 is 14.2 Å². The van der Waals surface area contributed by atoms with Gasteiger partial charge >= 0.3 is 7.12 Å². The van der Waals surface area contributed by atoms with Crippen molar-refractivity contribution in [3.05, 3.63) is 48.0 Å². The molecule has 0 unspecified atom stereocenters. The zero-order valence-electron chi connectivity index (χ0n) is 20.8. The molecule has 186 valence electrons. The van der Waals surface area contributed by atoms with Gasteiger partial charge in [0.1, 0.15) is 0 Å². The SMILES string of the molecule is Cc1ccc(S(=O)(=O)n2cc(B3OC(C)(C)C(C)(C)O3)c3c(F)c(N4CCCCC4)cnc32)cc1. The summed E-state index contributed by atoms with van der Waals surface area (Å²) in [6.45, 7) is 11.0. The minimum Gasteiger partial charge on any atom is -0.399 e. The highest BCUT2D eigenvalue weighted by Gasteiger charge is 2.53. The minimum absolute atomic E-state index is 0.0218. The summed E-state index contributed by atoms with van der Waals surface area (Å²) in [6.07, 6.45) is 5.91. The maximum Gasteiger partial charge on any atom is 0.497 e. The number of piperidine rings is 1. The molecule has 2 aromatic heterocycles. The van der Waals surface area contributed by atoms with Gasteiger partial charge in [-0.2, -0.15) is 0 Å². The number of halogens is 1. The Kier molecular flexibility index (Phi) is 5.77. The number of nitrogens with zero attached hydrogens (tertiary/aromatic N) is 3. The molecule has 0 aliphatic carbocycles. The van der Waals surface area contributed by atoms with Crippen LogP contribution in [-0.4, -0.2) is 48.8 Å². The lowest BCUT2D eigenvalue weighted by Gasteiger charge is -2.32. The molecule has 0 N–H and O–H groups in total. The number of hydrogen-bond donors (Lipinski definition) is 0. The predicted octanol–water partition coefficient (Wildman–Crippen LogP) is 4.01. The van der Waals surface area contributed by atoms with E-state index in [9.17, 15) is 8.42 Å². The molecule has 2 aliphatic rings. The summed E-state index contributed by atoms with van der Waals surface area (Å²) in [5.41, 5.74) is 0.314. The van der Waals surface area contributed by atoms with Crippen LogP contribution in [0.5, 0.6) is 0 Å². The Morgan fingerprint density at radius 1 is 1.00 bits per heavy atom. The largest absolute Gasteiger partial charge is 0.497 e. The maximum absolute atomic E-state index is 16.2. The summed E-state index contributed by atoms with van der Waals surface area (Å²) in [7, 11) is -4.98. The summed E-state index contributed by atoms with van der Waals surface area (Å²) in [5, 5.41) is 0.113. The number of hydrogen-bond acceptors (Lipinski definition) is 6. The van der Waals surface area contributed by atoms with E-state index in [0.29, 0.717) is 11.2 Å². The average molecular weight is 499 g/mol. The first-order valence-corrected chi connectivity index (χ1v) is 13.5. The molecule has 0 saturated carbocycles. The number of rotatable bonds is 4. The molecule has 4 heterocycles. The Morgan fingerprint density at radius 2 is 1.60 bits per heavy atom. The lowest BCUT2D eigenvalue weighted by Crippen LogP contribution is -2.41. The van der Waals surface area contributed by atoms with Crippen LogP contribution in [0, 0.1) is 12.7 Å². The summed E-state index contributed by atoms with van der Waals surface area (Å²) in [6, 6.07) is 6.55. The third-order valence-corrected chi connectivity index (χ3v) is 9.18. The van der Waals surface area contributed by atoms with E-state index in [1.807, 2.05) is 39.5 Å². The van der Waals surface area contributed by atoms with E-state index in [4.69, 9.17) is 9.31 Å². The second kappa shape index (κ2) is 8.32. The summed E-state index contributed by atoms with van der Waals surface area (Å²) in [4.78, 5) is 6.56. The summed E-state index contributed by atoms with van der Waals surface area (Å²) >= 11 is 0. The molecule has 35 heavy (non-hydrogen) atoms. The molecular formula is C25H31BFN3O4S. The molecule has 0 radical (unpaired) electrons. The quantitative estimate of drug-likeness (QED) is 0.506. The molecular weight excluding hydrogens is 468 g/mol. The van der Waals surface area contributed by atoms with Gasteiger partial charge in [0.2, 0.25) is 0 Å². The summed E-state index contributed by atoms with van der Waals surface area (Å²) < 4.78 is 57.0. The Labute approximate surface area is 206 Å². The number of benzene rings is 1. The molecule has 2 saturated heterocycles. The normalized spacial score (nSPS) is 20.1. The van der Waals surface area contributed by atoms with Crippen molar-refractivity contribution in [2.24, 2.45) is 0 Å². The van der Waals surface area contributed by atoms with Crippen LogP contribution in [0.3, 0.4) is 0 Å². The topological polar surface area (TPSA) is 73.7 Å². The van der Waals surface area contributed by atoms with Gasteiger partial charge in [-0.05, 0) is 66.0 Å². The predicted molar refractivity (Wildman–Crippen MR) is 135 cm³/mol. The number of fused-ring (bicyclic) bond motifs is 1. The van der Waals surface area contributed by atoms with E-state index < -0.39 is 34.2 Å². The van der Waals surface area contributed by atoms with Gasteiger partial charge in [0, 0.05) is 24.7 Å². The molecule has 0 bridgehead atoms. The first-order chi connectivity index (χ1) is 16.4. The molecule has 7 nitrogen and oxygen atoms in total. The van der Waals surface area contributed by atoms with Gasteiger partial charge in [-0.3, -0.25) is 0 Å². The molecule has 0 spiro atoms. The minimum atomic E-state index is -4.04. The zero-order chi connectivity index (χ0) is 25.2. The Morgan fingerprint density at radius 3 is 2.20 bits per heavy atom. The van der Waals surface area contributed by atoms with Crippen molar-refractivity contribution in [1.29, 1.82) is 0 Å². The van der Waals surface area contributed by atoms with Crippen LogP contribution in [0.25, 0.3) is 11.0 Å². The number of aromatic nitrogens is 2. The fraction of sp³-hybridized carbons (Fsp3) is 0.480. The monoisotopic (exact) mass is 499 g/mol. The van der Waals surface area contributed by atoms with E-state index in [2.05, 4.69) is 4.98 Å². The first-order valence-electron chi connectivity index (χ1n) is 12.0. The van der Waals surface area contributed by atoms with Gasteiger partial charge in [0.05, 0.1) is 33.4 Å². The van der Waals surface area contributed by atoms with E-state index in [-0.39, 0.29) is 15.9 Å². The van der Waals surface area contributed by atoms with Gasteiger partial charge in [-0.25, -0.2) is 21.8 Å². The van der Waals surface area contributed by atoms with Crippen LogP contribution in [0.4, 0.5) is 10.1 Å². The highest BCUT2D eigenvalue weighted by molar-refractivity contribution is 7.90. The smallest absolute Gasteiger partial charge is 0.399 e. The van der Waals surface area contributed by atoms with Crippen LogP contribution in [0.2, 0.25) is 0 Å². The number of aryl methyl sites for hydroxylation is 1. The Bertz CT molecular complexity index is 1360. The highest BCUT2D eigenvalue weighted by atomic mass is 32.2. The Hall–Kier alpha value is -2.43. The molecule has 3 aromatic rings. The highest BCUT2D eigenvalue weighted by Crippen LogP contribution is 2.38. The van der Waals surface area contributed by atoms with Crippen LogP contribution >= 0.6 is 0 Å². The van der Waals surface area contributed by atoms with E-state index in [0.717, 1.165) is 41.9 Å². The lowest BCUT2D eigenvalue weighted by atomic mass is 9.79. The van der Waals surface area contributed by atoms with Crippen LogP contribution < -0.4 is 10.4 Å². The maximum atomic E-state index is 16.2. The lowest BCUT2D eigenvalue weighted by molar-refractivity contribution is 0.00578. The zero-order valence-corrected chi connectivity index (χ0v) is 21.7. The molecule has 0 amide bonds. The van der Waals surface area contributed by atoms with E-state index in [1.54, 1.807) is 24.3 Å². The second-order valence-corrected chi connectivity index (χ2v) is 12.3. The fourth-order valence-corrected chi connectivity index (χ4v) is 5.98. The van der Waals surface area contributed by atoms with Crippen LogP contribution in [-0.2, 0) is 19.3 Å². The van der Waals surface area contributed by atoms with Crippen molar-refractivity contribution in [2.75, 3.05) is 18.0 Å². The second-order valence-electron chi connectivity index (χ2n) is 10.5. The molecule has 5 rings (SSSR count). The molecule has 10 heteroatoms. The standard InChI is InChI=1S/C25H31BFN3O4S/c1-17-9-11-18(12-10-17)35(31,32)30-16-19(26-33-24(2,3)25(4,5)34-26)21-22(27)20(15-28-23(21)30)29-13-7-6-8-14-29/h9-12,15-16H,6-8,13-14H2,1-5H3. The number of anilines is 1. The Balaban J connectivity index is 1.72. The third kappa shape index (κ3) is 3.95. The van der Waals surface area contributed by atoms with Gasteiger partial charge in [-0.15, -0.1) is 0 Å². The van der Waals surface area contributed by atoms with Crippen molar-refractivity contribution in [3.8, 4) is 0 Å². The average Bonchev–Trinajstić information content (AvgIpc) is 3.30. The van der Waals surface area contributed by atoms with Crippen molar-refractivity contribution in [3.63, 3.8) is 0 Å². The third-order valence-electron chi connectivity index (χ3n) is 7.51. The van der Waals surface area contributed by atoms with E-state index >= 15 is 4.39 Å². The molecule has 2 aliphatic heterocycles. The first kappa shape index (κ1) is 24.3. The van der Waals surface area contributed by atoms with Crippen molar-refractivity contribution >= 4 is 39.3 Å². The van der Waals surface area contributed by atoms with Crippen molar-refractivity contribution in [1.82, 2.24) is 8.96 Å². The number of pyridine rings is 1. The molecule has 0 atom stereocenters. The fourth-order valence-electron chi connectivity index (χ4n) is 4.66.